The number of hydrogen-bond acceptors (Lipinski definition) is 5. The van der Waals surface area contributed by atoms with Crippen LogP contribution >= 0.6 is 0 Å². The van der Waals surface area contributed by atoms with E-state index in [0.717, 1.165) is 76.5 Å². The Hall–Kier alpha value is -1.60. The van der Waals surface area contributed by atoms with Gasteiger partial charge in [0, 0.05) is 32.2 Å². The summed E-state index contributed by atoms with van der Waals surface area (Å²) in [7, 11) is 0. The summed E-state index contributed by atoms with van der Waals surface area (Å²) < 4.78 is 10.9. The van der Waals surface area contributed by atoms with Crippen LogP contribution in [0.15, 0.2) is 10.6 Å². The lowest BCUT2D eigenvalue weighted by Crippen LogP contribution is -2.58. The molecule has 7 heteroatoms. The number of morpholine rings is 1. The molecule has 3 aliphatic rings. The van der Waals surface area contributed by atoms with Gasteiger partial charge in [0.15, 0.2) is 5.76 Å². The largest absolute Gasteiger partial charge is 0.379 e. The fourth-order valence-corrected chi connectivity index (χ4v) is 4.71. The zero-order chi connectivity index (χ0) is 18.0. The summed E-state index contributed by atoms with van der Waals surface area (Å²) in [6, 6.07) is 2.02. The standard InChI is InChI=1S/C19H30N4O3/c1-15-13-17(26-21-15)16-5-4-8-23(16)18(24)20-19(6-2-3-7-19)14-22-9-11-25-12-10-22/h13,16H,2-12,14H2,1H3,(H,20,24)/t16-/m1/s1. The number of aromatic nitrogens is 1. The molecule has 1 saturated carbocycles. The maximum Gasteiger partial charge on any atom is 0.318 e. The molecular formula is C19H30N4O3. The van der Waals surface area contributed by atoms with Crippen molar-refractivity contribution in [3.05, 3.63) is 17.5 Å². The zero-order valence-electron chi connectivity index (χ0n) is 15.7. The molecule has 2 aliphatic heterocycles. The molecule has 4 rings (SSSR count). The Bertz CT molecular complexity index is 620. The van der Waals surface area contributed by atoms with Gasteiger partial charge < -0.3 is 19.5 Å². The monoisotopic (exact) mass is 362 g/mol. The van der Waals surface area contributed by atoms with E-state index in [2.05, 4.69) is 15.4 Å². The van der Waals surface area contributed by atoms with E-state index in [9.17, 15) is 4.79 Å². The van der Waals surface area contributed by atoms with Gasteiger partial charge in [0.25, 0.3) is 0 Å². The number of carbonyl (C=O) groups is 1. The van der Waals surface area contributed by atoms with E-state index < -0.39 is 0 Å². The van der Waals surface area contributed by atoms with E-state index in [0.29, 0.717) is 0 Å². The van der Waals surface area contributed by atoms with Crippen LogP contribution in [0.2, 0.25) is 0 Å². The molecule has 0 bridgehead atoms. The van der Waals surface area contributed by atoms with Crippen LogP contribution in [-0.4, -0.2) is 65.9 Å². The molecule has 144 valence electrons. The fourth-order valence-electron chi connectivity index (χ4n) is 4.71. The average Bonchev–Trinajstić information content (AvgIpc) is 3.36. The van der Waals surface area contributed by atoms with Crippen LogP contribution in [0, 0.1) is 6.92 Å². The van der Waals surface area contributed by atoms with Crippen molar-refractivity contribution in [2.45, 2.75) is 57.0 Å². The quantitative estimate of drug-likeness (QED) is 0.891. The van der Waals surface area contributed by atoms with Crippen LogP contribution in [0.4, 0.5) is 4.79 Å². The number of nitrogens with zero attached hydrogens (tertiary/aromatic N) is 3. The maximum absolute atomic E-state index is 13.1. The predicted molar refractivity (Wildman–Crippen MR) is 96.9 cm³/mol. The lowest BCUT2D eigenvalue weighted by Gasteiger charge is -2.39. The predicted octanol–water partition coefficient (Wildman–Crippen LogP) is 2.47. The van der Waals surface area contributed by atoms with Crippen molar-refractivity contribution in [3.8, 4) is 0 Å². The highest BCUT2D eigenvalue weighted by Gasteiger charge is 2.40. The highest BCUT2D eigenvalue weighted by atomic mass is 16.5. The van der Waals surface area contributed by atoms with Crippen LogP contribution in [-0.2, 0) is 4.74 Å². The number of amides is 2. The number of rotatable bonds is 4. The van der Waals surface area contributed by atoms with E-state index >= 15 is 0 Å². The van der Waals surface area contributed by atoms with Crippen molar-refractivity contribution in [1.29, 1.82) is 0 Å². The summed E-state index contributed by atoms with van der Waals surface area (Å²) in [4.78, 5) is 17.5. The topological polar surface area (TPSA) is 70.8 Å². The van der Waals surface area contributed by atoms with Gasteiger partial charge in [-0.15, -0.1) is 0 Å². The van der Waals surface area contributed by atoms with Gasteiger partial charge in [-0.25, -0.2) is 4.79 Å². The molecule has 1 atom stereocenters. The molecule has 1 aromatic heterocycles. The first-order chi connectivity index (χ1) is 12.7. The minimum atomic E-state index is -0.0983. The smallest absolute Gasteiger partial charge is 0.318 e. The molecule has 0 unspecified atom stereocenters. The molecule has 0 aromatic carbocycles. The number of ether oxygens (including phenoxy) is 1. The van der Waals surface area contributed by atoms with Crippen molar-refractivity contribution in [2.24, 2.45) is 0 Å². The lowest BCUT2D eigenvalue weighted by molar-refractivity contribution is 0.0244. The van der Waals surface area contributed by atoms with Crippen molar-refractivity contribution in [3.63, 3.8) is 0 Å². The van der Waals surface area contributed by atoms with E-state index in [1.54, 1.807) is 0 Å². The van der Waals surface area contributed by atoms with Crippen molar-refractivity contribution < 1.29 is 14.1 Å². The third-order valence-electron chi connectivity index (χ3n) is 6.05. The Balaban J connectivity index is 1.44. The molecule has 1 aromatic rings. The normalized spacial score (nSPS) is 26.3. The van der Waals surface area contributed by atoms with E-state index in [1.165, 1.54) is 12.8 Å². The molecule has 1 N–H and O–H groups in total. The van der Waals surface area contributed by atoms with Gasteiger partial charge in [-0.3, -0.25) is 4.90 Å². The van der Waals surface area contributed by atoms with E-state index in [4.69, 9.17) is 9.26 Å². The van der Waals surface area contributed by atoms with Crippen LogP contribution in [0.3, 0.4) is 0 Å². The lowest BCUT2D eigenvalue weighted by atomic mass is 9.96. The van der Waals surface area contributed by atoms with Gasteiger partial charge in [0.1, 0.15) is 0 Å². The first-order valence-electron chi connectivity index (χ1n) is 9.97. The Morgan fingerprint density at radius 2 is 2.04 bits per heavy atom. The van der Waals surface area contributed by atoms with Crippen molar-refractivity contribution >= 4 is 6.03 Å². The van der Waals surface area contributed by atoms with Crippen LogP contribution < -0.4 is 5.32 Å². The van der Waals surface area contributed by atoms with Gasteiger partial charge in [0.05, 0.1) is 30.5 Å². The second-order valence-corrected chi connectivity index (χ2v) is 8.03. The van der Waals surface area contributed by atoms with Gasteiger partial charge in [0.2, 0.25) is 0 Å². The van der Waals surface area contributed by atoms with Gasteiger partial charge in [-0.2, -0.15) is 0 Å². The summed E-state index contributed by atoms with van der Waals surface area (Å²) in [5, 5.41) is 7.43. The summed E-state index contributed by atoms with van der Waals surface area (Å²) >= 11 is 0. The highest BCUT2D eigenvalue weighted by Crippen LogP contribution is 2.35. The average molecular weight is 362 g/mol. The minimum Gasteiger partial charge on any atom is -0.379 e. The second kappa shape index (κ2) is 7.56. The zero-order valence-corrected chi connectivity index (χ0v) is 15.7. The number of hydrogen-bond donors (Lipinski definition) is 1. The van der Waals surface area contributed by atoms with Crippen LogP contribution in [0.5, 0.6) is 0 Å². The number of aryl methyl sites for hydroxylation is 1. The SMILES string of the molecule is Cc1cc([C@H]2CCCN2C(=O)NC2(CN3CCOCC3)CCCC2)on1. The maximum atomic E-state index is 13.1. The fraction of sp³-hybridized carbons (Fsp3) is 0.789. The molecule has 3 fully saturated rings. The van der Waals surface area contributed by atoms with E-state index in [-0.39, 0.29) is 17.6 Å². The molecule has 0 spiro atoms. The van der Waals surface area contributed by atoms with Gasteiger partial charge >= 0.3 is 6.03 Å². The minimum absolute atomic E-state index is 0.0121. The van der Waals surface area contributed by atoms with E-state index in [1.807, 2.05) is 17.9 Å². The first-order valence-corrected chi connectivity index (χ1v) is 9.97. The number of carbonyl (C=O) groups excluding carboxylic acids is 1. The third kappa shape index (κ3) is 3.74. The summed E-state index contributed by atoms with van der Waals surface area (Å²) in [5.41, 5.74) is 0.769. The number of urea groups is 1. The summed E-state index contributed by atoms with van der Waals surface area (Å²) in [5.74, 6) is 0.809. The first kappa shape index (κ1) is 17.8. The van der Waals surface area contributed by atoms with Crippen LogP contribution in [0.1, 0.15) is 56.0 Å². The molecule has 26 heavy (non-hydrogen) atoms. The Kier molecular flexibility index (Phi) is 5.18. The second-order valence-electron chi connectivity index (χ2n) is 8.03. The summed E-state index contributed by atoms with van der Waals surface area (Å²) in [6.07, 6.45) is 6.46. The van der Waals surface area contributed by atoms with Crippen LogP contribution in [0.25, 0.3) is 0 Å². The molecule has 2 amide bonds. The number of likely N-dealkylation sites (tertiary alicyclic amines) is 1. The molecule has 2 saturated heterocycles. The molecule has 0 radical (unpaired) electrons. The molecular weight excluding hydrogens is 332 g/mol. The Labute approximate surface area is 155 Å². The van der Waals surface area contributed by atoms with Gasteiger partial charge in [-0.05, 0) is 32.6 Å². The summed E-state index contributed by atoms with van der Waals surface area (Å²) in [6.45, 7) is 7.14. The number of nitrogens with one attached hydrogen (secondary N) is 1. The molecule has 1 aliphatic carbocycles. The Morgan fingerprint density at radius 3 is 2.73 bits per heavy atom. The van der Waals surface area contributed by atoms with Crippen molar-refractivity contribution in [1.82, 2.24) is 20.3 Å². The highest BCUT2D eigenvalue weighted by molar-refractivity contribution is 5.76. The molecule has 3 heterocycles. The Morgan fingerprint density at radius 1 is 1.27 bits per heavy atom. The third-order valence-corrected chi connectivity index (χ3v) is 6.05. The van der Waals surface area contributed by atoms with Gasteiger partial charge in [-0.1, -0.05) is 18.0 Å². The van der Waals surface area contributed by atoms with Crippen molar-refractivity contribution in [2.75, 3.05) is 39.4 Å². The molecule has 7 nitrogen and oxygen atoms in total.